The maximum Gasteiger partial charge on any atom is 0.0582 e. The fraction of sp³-hybridized carbons (Fsp3) is 1.00. The molecule has 10 heavy (non-hydrogen) atoms. The molecule has 0 aromatic carbocycles. The SMILES string of the molecule is CC(CO)NC1CCSC1. The van der Waals surface area contributed by atoms with Crippen molar-refractivity contribution in [3.63, 3.8) is 0 Å². The summed E-state index contributed by atoms with van der Waals surface area (Å²) in [5.41, 5.74) is 0. The van der Waals surface area contributed by atoms with Crippen LogP contribution in [0.2, 0.25) is 0 Å². The number of hydrogen-bond donors (Lipinski definition) is 2. The minimum absolute atomic E-state index is 0.251. The lowest BCUT2D eigenvalue weighted by Gasteiger charge is -2.15. The Bertz CT molecular complexity index is 93.6. The first-order chi connectivity index (χ1) is 4.83. The Balaban J connectivity index is 2.11. The highest BCUT2D eigenvalue weighted by Gasteiger charge is 2.16. The number of rotatable bonds is 3. The van der Waals surface area contributed by atoms with Crippen LogP contribution in [0.5, 0.6) is 0 Å². The maximum atomic E-state index is 8.73. The first kappa shape index (κ1) is 8.37. The van der Waals surface area contributed by atoms with Gasteiger partial charge in [0.05, 0.1) is 6.61 Å². The molecule has 2 atom stereocenters. The number of aliphatic hydroxyl groups is 1. The molecule has 0 amide bonds. The molecule has 0 radical (unpaired) electrons. The Morgan fingerprint density at radius 2 is 2.60 bits per heavy atom. The summed E-state index contributed by atoms with van der Waals surface area (Å²) in [6.07, 6.45) is 1.26. The molecule has 0 spiro atoms. The minimum Gasteiger partial charge on any atom is -0.395 e. The standard InChI is InChI=1S/C7H15NOS/c1-6(4-9)8-7-2-3-10-5-7/h6-9H,2-5H2,1H3. The Hall–Kier alpha value is 0.270. The van der Waals surface area contributed by atoms with Crippen LogP contribution in [-0.2, 0) is 0 Å². The van der Waals surface area contributed by atoms with Crippen LogP contribution in [0.25, 0.3) is 0 Å². The van der Waals surface area contributed by atoms with Crippen LogP contribution in [0.3, 0.4) is 0 Å². The summed E-state index contributed by atoms with van der Waals surface area (Å²) in [5.74, 6) is 2.49. The van der Waals surface area contributed by atoms with Gasteiger partial charge < -0.3 is 10.4 Å². The van der Waals surface area contributed by atoms with E-state index in [0.717, 1.165) is 0 Å². The zero-order chi connectivity index (χ0) is 7.40. The average Bonchev–Trinajstić information content (AvgIpc) is 2.40. The largest absolute Gasteiger partial charge is 0.395 e. The number of thioether (sulfide) groups is 1. The first-order valence-electron chi connectivity index (χ1n) is 3.77. The van der Waals surface area contributed by atoms with Crippen molar-refractivity contribution in [1.82, 2.24) is 5.32 Å². The topological polar surface area (TPSA) is 32.3 Å². The van der Waals surface area contributed by atoms with Crippen molar-refractivity contribution in [3.8, 4) is 0 Å². The van der Waals surface area contributed by atoms with Gasteiger partial charge in [-0.25, -0.2) is 0 Å². The highest BCUT2D eigenvalue weighted by Crippen LogP contribution is 2.17. The van der Waals surface area contributed by atoms with Crippen molar-refractivity contribution in [3.05, 3.63) is 0 Å². The molecule has 1 saturated heterocycles. The third kappa shape index (κ3) is 2.48. The highest BCUT2D eigenvalue weighted by atomic mass is 32.2. The molecule has 0 aromatic rings. The van der Waals surface area contributed by atoms with E-state index in [-0.39, 0.29) is 12.6 Å². The van der Waals surface area contributed by atoms with Gasteiger partial charge in [0.15, 0.2) is 0 Å². The second-order valence-electron chi connectivity index (χ2n) is 2.81. The Morgan fingerprint density at radius 1 is 1.80 bits per heavy atom. The predicted octanol–water partition coefficient (Wildman–Crippen LogP) is 0.462. The van der Waals surface area contributed by atoms with Gasteiger partial charge in [-0.2, -0.15) is 11.8 Å². The molecule has 0 aromatic heterocycles. The van der Waals surface area contributed by atoms with E-state index in [1.807, 2.05) is 18.7 Å². The van der Waals surface area contributed by atoms with Gasteiger partial charge in [-0.3, -0.25) is 0 Å². The summed E-state index contributed by atoms with van der Waals surface area (Å²) in [6, 6.07) is 0.913. The fourth-order valence-electron chi connectivity index (χ4n) is 1.12. The van der Waals surface area contributed by atoms with E-state index in [0.29, 0.717) is 6.04 Å². The van der Waals surface area contributed by atoms with Gasteiger partial charge in [0, 0.05) is 17.8 Å². The van der Waals surface area contributed by atoms with Gasteiger partial charge in [-0.15, -0.1) is 0 Å². The Labute approximate surface area is 66.4 Å². The third-order valence-corrected chi connectivity index (χ3v) is 2.89. The van der Waals surface area contributed by atoms with Crippen molar-refractivity contribution < 1.29 is 5.11 Å². The summed E-state index contributed by atoms with van der Waals surface area (Å²) >= 11 is 1.99. The minimum atomic E-state index is 0.251. The molecule has 2 N–H and O–H groups in total. The molecule has 1 rings (SSSR count). The second-order valence-corrected chi connectivity index (χ2v) is 3.96. The highest BCUT2D eigenvalue weighted by molar-refractivity contribution is 7.99. The van der Waals surface area contributed by atoms with Gasteiger partial charge in [-0.1, -0.05) is 0 Å². The van der Waals surface area contributed by atoms with Crippen LogP contribution in [0.4, 0.5) is 0 Å². The van der Waals surface area contributed by atoms with Crippen molar-refractivity contribution in [1.29, 1.82) is 0 Å². The van der Waals surface area contributed by atoms with Crippen molar-refractivity contribution >= 4 is 11.8 Å². The lowest BCUT2D eigenvalue weighted by atomic mass is 10.2. The number of hydrogen-bond acceptors (Lipinski definition) is 3. The molecule has 1 fully saturated rings. The quantitative estimate of drug-likeness (QED) is 0.631. The lowest BCUT2D eigenvalue weighted by Crippen LogP contribution is -2.38. The van der Waals surface area contributed by atoms with Crippen LogP contribution < -0.4 is 5.32 Å². The maximum absolute atomic E-state index is 8.73. The van der Waals surface area contributed by atoms with Crippen LogP contribution >= 0.6 is 11.8 Å². The average molecular weight is 161 g/mol. The molecule has 3 heteroatoms. The fourth-order valence-corrected chi connectivity index (χ4v) is 2.29. The third-order valence-electron chi connectivity index (χ3n) is 1.72. The van der Waals surface area contributed by atoms with Gasteiger partial charge in [0.2, 0.25) is 0 Å². The summed E-state index contributed by atoms with van der Waals surface area (Å²) in [4.78, 5) is 0. The van der Waals surface area contributed by atoms with Crippen molar-refractivity contribution in [2.75, 3.05) is 18.1 Å². The van der Waals surface area contributed by atoms with E-state index < -0.39 is 0 Å². The summed E-state index contributed by atoms with van der Waals surface area (Å²) in [6.45, 7) is 2.27. The summed E-state index contributed by atoms with van der Waals surface area (Å²) in [7, 11) is 0. The van der Waals surface area contributed by atoms with Crippen LogP contribution in [-0.4, -0.2) is 35.3 Å². The number of aliphatic hydroxyl groups excluding tert-OH is 1. The Kier molecular flexibility index (Phi) is 3.52. The van der Waals surface area contributed by atoms with Gasteiger partial charge in [-0.05, 0) is 19.1 Å². The molecule has 0 bridgehead atoms. The van der Waals surface area contributed by atoms with E-state index in [4.69, 9.17) is 5.11 Å². The molecule has 1 heterocycles. The molecule has 60 valence electrons. The van der Waals surface area contributed by atoms with Crippen LogP contribution in [0.15, 0.2) is 0 Å². The van der Waals surface area contributed by atoms with Crippen molar-refractivity contribution in [2.45, 2.75) is 25.4 Å². The molecule has 0 saturated carbocycles. The lowest BCUT2D eigenvalue weighted by molar-refractivity contribution is 0.243. The zero-order valence-corrected chi connectivity index (χ0v) is 7.16. The van der Waals surface area contributed by atoms with E-state index in [2.05, 4.69) is 5.32 Å². The normalized spacial score (nSPS) is 28.8. The molecule has 2 nitrogen and oxygen atoms in total. The molecule has 1 aliphatic rings. The second kappa shape index (κ2) is 4.21. The van der Waals surface area contributed by atoms with Crippen molar-refractivity contribution in [2.24, 2.45) is 0 Å². The zero-order valence-electron chi connectivity index (χ0n) is 6.34. The first-order valence-corrected chi connectivity index (χ1v) is 4.93. The summed E-state index contributed by atoms with van der Waals surface area (Å²) in [5, 5.41) is 12.1. The van der Waals surface area contributed by atoms with Gasteiger partial charge in [0.25, 0.3) is 0 Å². The van der Waals surface area contributed by atoms with Gasteiger partial charge in [0.1, 0.15) is 0 Å². The van der Waals surface area contributed by atoms with E-state index in [9.17, 15) is 0 Å². The van der Waals surface area contributed by atoms with Crippen LogP contribution in [0, 0.1) is 0 Å². The van der Waals surface area contributed by atoms with E-state index >= 15 is 0 Å². The molecular weight excluding hydrogens is 146 g/mol. The smallest absolute Gasteiger partial charge is 0.0582 e. The predicted molar refractivity (Wildman–Crippen MR) is 45.4 cm³/mol. The van der Waals surface area contributed by atoms with Crippen LogP contribution in [0.1, 0.15) is 13.3 Å². The van der Waals surface area contributed by atoms with Gasteiger partial charge >= 0.3 is 0 Å². The molecular formula is C7H15NOS. The molecule has 0 aliphatic carbocycles. The monoisotopic (exact) mass is 161 g/mol. The van der Waals surface area contributed by atoms with E-state index in [1.54, 1.807) is 0 Å². The Morgan fingerprint density at radius 3 is 3.10 bits per heavy atom. The van der Waals surface area contributed by atoms with E-state index in [1.165, 1.54) is 17.9 Å². The summed E-state index contributed by atoms with van der Waals surface area (Å²) < 4.78 is 0. The molecule has 1 aliphatic heterocycles. The molecule has 2 unspecified atom stereocenters. The number of nitrogens with one attached hydrogen (secondary N) is 1.